The molecule has 2 N–H and O–H groups in total. The van der Waals surface area contributed by atoms with Crippen molar-refractivity contribution in [3.63, 3.8) is 0 Å². The van der Waals surface area contributed by atoms with Crippen LogP contribution >= 0.6 is 0 Å². The Labute approximate surface area is 95.4 Å². The lowest BCUT2D eigenvalue weighted by Crippen LogP contribution is -2.15. The first kappa shape index (κ1) is 12.9. The van der Waals surface area contributed by atoms with E-state index in [1.807, 2.05) is 13.8 Å². The highest BCUT2D eigenvalue weighted by molar-refractivity contribution is 5.41. The van der Waals surface area contributed by atoms with Gasteiger partial charge in [-0.3, -0.25) is 0 Å². The number of benzene rings is 1. The van der Waals surface area contributed by atoms with Gasteiger partial charge in [0.05, 0.1) is 25.0 Å². The standard InChI is InChI=1S/C12H18FNO2/c1-3-15-7-9(2)16-8-10-4-5-12(14)11(13)6-10/h4-6,9H,3,7-8,14H2,1-2H3. The number of hydrogen-bond acceptors (Lipinski definition) is 3. The van der Waals surface area contributed by atoms with Crippen LogP contribution in [0.5, 0.6) is 0 Å². The minimum absolute atomic E-state index is 0.000522. The van der Waals surface area contributed by atoms with E-state index in [2.05, 4.69) is 0 Å². The highest BCUT2D eigenvalue weighted by atomic mass is 19.1. The van der Waals surface area contributed by atoms with Crippen LogP contribution in [0.3, 0.4) is 0 Å². The van der Waals surface area contributed by atoms with Gasteiger partial charge in [-0.05, 0) is 31.5 Å². The number of anilines is 1. The lowest BCUT2D eigenvalue weighted by Gasteiger charge is -2.13. The molecule has 0 spiro atoms. The van der Waals surface area contributed by atoms with Crippen LogP contribution in [0.2, 0.25) is 0 Å². The monoisotopic (exact) mass is 227 g/mol. The largest absolute Gasteiger partial charge is 0.396 e. The van der Waals surface area contributed by atoms with Gasteiger partial charge in [-0.15, -0.1) is 0 Å². The van der Waals surface area contributed by atoms with Crippen LogP contribution in [0.4, 0.5) is 10.1 Å². The summed E-state index contributed by atoms with van der Waals surface area (Å²) in [5.41, 5.74) is 6.31. The Morgan fingerprint density at radius 2 is 2.19 bits per heavy atom. The summed E-state index contributed by atoms with van der Waals surface area (Å²) in [6.45, 7) is 5.44. The van der Waals surface area contributed by atoms with E-state index in [0.29, 0.717) is 19.8 Å². The molecular weight excluding hydrogens is 209 g/mol. The second-order valence-corrected chi connectivity index (χ2v) is 3.64. The van der Waals surface area contributed by atoms with Crippen molar-refractivity contribution in [2.24, 2.45) is 0 Å². The molecule has 0 saturated heterocycles. The molecule has 3 nitrogen and oxygen atoms in total. The number of nitrogens with two attached hydrogens (primary N) is 1. The van der Waals surface area contributed by atoms with E-state index in [-0.39, 0.29) is 11.8 Å². The van der Waals surface area contributed by atoms with Crippen LogP contribution in [-0.2, 0) is 16.1 Å². The van der Waals surface area contributed by atoms with Gasteiger partial charge in [-0.1, -0.05) is 6.07 Å². The fourth-order valence-corrected chi connectivity index (χ4v) is 1.23. The van der Waals surface area contributed by atoms with Gasteiger partial charge in [0.2, 0.25) is 0 Å². The maximum Gasteiger partial charge on any atom is 0.146 e. The van der Waals surface area contributed by atoms with Crippen molar-refractivity contribution in [1.82, 2.24) is 0 Å². The van der Waals surface area contributed by atoms with Gasteiger partial charge in [-0.2, -0.15) is 0 Å². The summed E-state index contributed by atoms with van der Waals surface area (Å²) in [5, 5.41) is 0. The Hall–Kier alpha value is -1.13. The van der Waals surface area contributed by atoms with Gasteiger partial charge in [-0.25, -0.2) is 4.39 Å². The Balaban J connectivity index is 2.39. The summed E-state index contributed by atoms with van der Waals surface area (Å²) >= 11 is 0. The maximum atomic E-state index is 13.1. The molecule has 0 aliphatic rings. The normalized spacial score (nSPS) is 12.7. The third-order valence-corrected chi connectivity index (χ3v) is 2.16. The minimum atomic E-state index is -0.404. The van der Waals surface area contributed by atoms with Crippen LogP contribution in [0.25, 0.3) is 0 Å². The molecule has 0 fully saturated rings. The van der Waals surface area contributed by atoms with Crippen molar-refractivity contribution in [2.75, 3.05) is 18.9 Å². The zero-order valence-corrected chi connectivity index (χ0v) is 9.70. The van der Waals surface area contributed by atoms with Gasteiger partial charge in [0.1, 0.15) is 5.82 Å². The quantitative estimate of drug-likeness (QED) is 0.759. The molecule has 1 unspecified atom stereocenters. The fraction of sp³-hybridized carbons (Fsp3) is 0.500. The smallest absolute Gasteiger partial charge is 0.146 e. The summed E-state index contributed by atoms with van der Waals surface area (Å²) in [5.74, 6) is -0.404. The third-order valence-electron chi connectivity index (χ3n) is 2.16. The van der Waals surface area contributed by atoms with E-state index in [9.17, 15) is 4.39 Å². The summed E-state index contributed by atoms with van der Waals surface area (Å²) < 4.78 is 23.8. The first-order valence-corrected chi connectivity index (χ1v) is 5.36. The van der Waals surface area contributed by atoms with Gasteiger partial charge in [0, 0.05) is 6.61 Å². The summed E-state index contributed by atoms with van der Waals surface area (Å²) in [4.78, 5) is 0. The molecule has 0 heterocycles. The van der Waals surface area contributed by atoms with Crippen molar-refractivity contribution < 1.29 is 13.9 Å². The Morgan fingerprint density at radius 3 is 2.81 bits per heavy atom. The average Bonchev–Trinajstić information content (AvgIpc) is 2.28. The van der Waals surface area contributed by atoms with E-state index in [4.69, 9.17) is 15.2 Å². The van der Waals surface area contributed by atoms with Crippen molar-refractivity contribution in [1.29, 1.82) is 0 Å². The van der Waals surface area contributed by atoms with Crippen LogP contribution in [-0.4, -0.2) is 19.3 Å². The van der Waals surface area contributed by atoms with Crippen LogP contribution in [0, 0.1) is 5.82 Å². The Kier molecular flexibility index (Phi) is 5.22. The summed E-state index contributed by atoms with van der Waals surface area (Å²) in [7, 11) is 0. The number of rotatable bonds is 6. The zero-order valence-electron chi connectivity index (χ0n) is 9.70. The van der Waals surface area contributed by atoms with Crippen LogP contribution in [0.1, 0.15) is 19.4 Å². The lowest BCUT2D eigenvalue weighted by molar-refractivity contribution is -0.0117. The molecule has 0 aliphatic carbocycles. The first-order chi connectivity index (χ1) is 7.63. The first-order valence-electron chi connectivity index (χ1n) is 5.36. The molecule has 16 heavy (non-hydrogen) atoms. The Morgan fingerprint density at radius 1 is 1.44 bits per heavy atom. The molecule has 1 aromatic carbocycles. The fourth-order valence-electron chi connectivity index (χ4n) is 1.23. The highest BCUT2D eigenvalue weighted by Gasteiger charge is 2.04. The van der Waals surface area contributed by atoms with E-state index in [0.717, 1.165) is 5.56 Å². The van der Waals surface area contributed by atoms with Crippen LogP contribution < -0.4 is 5.73 Å². The molecule has 1 aromatic rings. The van der Waals surface area contributed by atoms with Crippen molar-refractivity contribution in [3.8, 4) is 0 Å². The molecule has 90 valence electrons. The third kappa shape index (κ3) is 4.16. The molecule has 0 aromatic heterocycles. The molecule has 0 bridgehead atoms. The molecule has 0 amide bonds. The van der Waals surface area contributed by atoms with Crippen LogP contribution in [0.15, 0.2) is 18.2 Å². The Bertz CT molecular complexity index is 331. The maximum absolute atomic E-state index is 13.1. The molecule has 1 rings (SSSR count). The molecule has 0 saturated carbocycles. The second-order valence-electron chi connectivity index (χ2n) is 3.64. The predicted molar refractivity (Wildman–Crippen MR) is 61.6 cm³/mol. The van der Waals surface area contributed by atoms with Gasteiger partial charge >= 0.3 is 0 Å². The van der Waals surface area contributed by atoms with Crippen molar-refractivity contribution in [2.45, 2.75) is 26.6 Å². The number of hydrogen-bond donors (Lipinski definition) is 1. The number of ether oxygens (including phenoxy) is 2. The average molecular weight is 227 g/mol. The van der Waals surface area contributed by atoms with Crippen molar-refractivity contribution in [3.05, 3.63) is 29.6 Å². The van der Waals surface area contributed by atoms with Crippen molar-refractivity contribution >= 4 is 5.69 Å². The minimum Gasteiger partial charge on any atom is -0.396 e. The summed E-state index contributed by atoms with van der Waals surface area (Å²) in [6.07, 6.45) is 0.000522. The van der Waals surface area contributed by atoms with E-state index < -0.39 is 5.82 Å². The topological polar surface area (TPSA) is 44.5 Å². The molecule has 0 aliphatic heterocycles. The van der Waals surface area contributed by atoms with Gasteiger partial charge in [0.25, 0.3) is 0 Å². The van der Waals surface area contributed by atoms with Gasteiger partial charge in [0.15, 0.2) is 0 Å². The van der Waals surface area contributed by atoms with E-state index in [1.54, 1.807) is 12.1 Å². The number of nitrogen functional groups attached to an aromatic ring is 1. The molecule has 1 atom stereocenters. The van der Waals surface area contributed by atoms with E-state index >= 15 is 0 Å². The van der Waals surface area contributed by atoms with E-state index in [1.165, 1.54) is 6.07 Å². The highest BCUT2D eigenvalue weighted by Crippen LogP contribution is 2.13. The van der Waals surface area contributed by atoms with Gasteiger partial charge < -0.3 is 15.2 Å². The summed E-state index contributed by atoms with van der Waals surface area (Å²) in [6, 6.07) is 4.69. The number of halogens is 1. The zero-order chi connectivity index (χ0) is 12.0. The second kappa shape index (κ2) is 6.45. The predicted octanol–water partition coefficient (Wildman–Crippen LogP) is 2.35. The SMILES string of the molecule is CCOCC(C)OCc1ccc(N)c(F)c1. The lowest BCUT2D eigenvalue weighted by atomic mass is 10.2. The molecule has 4 heteroatoms. The molecular formula is C12H18FNO2. The molecule has 0 radical (unpaired) electrons.